The minimum Gasteiger partial charge on any atom is -0.394 e. The van der Waals surface area contributed by atoms with E-state index in [1.807, 2.05) is 0 Å². The Morgan fingerprint density at radius 2 is 2.00 bits per heavy atom. The first-order valence-electron chi connectivity index (χ1n) is 5.90. The molecule has 2 heterocycles. The summed E-state index contributed by atoms with van der Waals surface area (Å²) in [4.78, 5) is 10.3. The van der Waals surface area contributed by atoms with Crippen LogP contribution in [0, 0.1) is 0 Å². The van der Waals surface area contributed by atoms with Gasteiger partial charge in [-0.3, -0.25) is 0 Å². The molecule has 1 N–H and O–H groups in total. The van der Waals surface area contributed by atoms with Crippen molar-refractivity contribution in [2.24, 2.45) is 0 Å². The molecule has 2 aliphatic rings. The van der Waals surface area contributed by atoms with Crippen LogP contribution in [0.3, 0.4) is 0 Å². The summed E-state index contributed by atoms with van der Waals surface area (Å²) in [5.74, 6) is 0. The van der Waals surface area contributed by atoms with Crippen LogP contribution in [0.5, 0.6) is 0 Å². The van der Waals surface area contributed by atoms with Crippen LogP contribution in [0.1, 0.15) is 19.3 Å². The summed E-state index contributed by atoms with van der Waals surface area (Å²) < 4.78 is 10.6. The molecule has 5 nitrogen and oxygen atoms in total. The van der Waals surface area contributed by atoms with E-state index >= 15 is 0 Å². The Morgan fingerprint density at radius 1 is 1.18 bits per heavy atom. The highest BCUT2D eigenvalue weighted by molar-refractivity contribution is 6.11. The van der Waals surface area contributed by atoms with Crippen molar-refractivity contribution in [1.29, 1.82) is 0 Å². The van der Waals surface area contributed by atoms with Gasteiger partial charge in [-0.25, -0.2) is 9.78 Å². The molecule has 0 aliphatic carbocycles. The number of aliphatic hydroxyl groups is 1. The maximum absolute atomic E-state index is 9.04. The number of hydrogen-bond acceptors (Lipinski definition) is 5. The fourth-order valence-corrected chi connectivity index (χ4v) is 2.07. The van der Waals surface area contributed by atoms with E-state index < -0.39 is 12.1 Å². The first-order valence-corrected chi connectivity index (χ1v) is 5.90. The molecule has 0 aromatic rings. The van der Waals surface area contributed by atoms with Crippen LogP contribution >= 0.6 is 0 Å². The van der Waals surface area contributed by atoms with Crippen LogP contribution in [0.2, 0.25) is 0 Å². The third-order valence-corrected chi connectivity index (χ3v) is 2.99. The van der Waals surface area contributed by atoms with E-state index in [9.17, 15) is 0 Å². The normalized spacial score (nSPS) is 42.1. The average Bonchev–Trinajstić information content (AvgIpc) is 2.85. The fraction of sp³-hybridized carbons (Fsp3) is 1.00. The Morgan fingerprint density at radius 3 is 2.65 bits per heavy atom. The maximum Gasteiger partial charge on any atom is 0.123 e. The second kappa shape index (κ2) is 6.20. The molecule has 2 rings (SSSR count). The van der Waals surface area contributed by atoms with Gasteiger partial charge in [0.1, 0.15) is 34.5 Å². The lowest BCUT2D eigenvalue weighted by molar-refractivity contribution is -0.339. The predicted octanol–water partition coefficient (Wildman–Crippen LogP) is -0.747. The zero-order valence-corrected chi connectivity index (χ0v) is 9.66. The van der Waals surface area contributed by atoms with Gasteiger partial charge in [-0.2, -0.15) is 0 Å². The Bertz CT molecular complexity index is 243. The second-order valence-corrected chi connectivity index (χ2v) is 4.42. The first kappa shape index (κ1) is 13.4. The molecule has 0 aromatic carbocycles. The van der Waals surface area contributed by atoms with Crippen LogP contribution in [-0.2, 0) is 19.2 Å². The van der Waals surface area contributed by atoms with Gasteiger partial charge in [-0.05, 0) is 19.3 Å². The van der Waals surface area contributed by atoms with Gasteiger partial charge < -0.3 is 14.6 Å². The number of aliphatic hydroxyl groups excluding tert-OH is 1. The molecule has 7 heteroatoms. The summed E-state index contributed by atoms with van der Waals surface area (Å²) >= 11 is 0. The molecule has 0 amide bonds. The Kier molecular flexibility index (Phi) is 4.87. The number of hydrogen-bond donors (Lipinski definition) is 1. The summed E-state index contributed by atoms with van der Waals surface area (Å²) in [5, 5.41) is 9.04. The smallest absolute Gasteiger partial charge is 0.123 e. The van der Waals surface area contributed by atoms with Crippen molar-refractivity contribution < 1.29 is 24.4 Å². The Hall–Kier alpha value is -0.0701. The van der Waals surface area contributed by atoms with Crippen molar-refractivity contribution in [3.05, 3.63) is 0 Å². The van der Waals surface area contributed by atoms with E-state index in [1.54, 1.807) is 0 Å². The summed E-state index contributed by atoms with van der Waals surface area (Å²) in [5.41, 5.74) is 0. The standard InChI is InChI=1S/C10H16B2O5/c11-9-2-1-6(15-9)5-14-17-7-3-10(12)16-8(7)4-13/h6-10,13H,1-5H2/t6-,7+,8?,9+,10+/m0/s1. The molecule has 0 spiro atoms. The zero-order chi connectivity index (χ0) is 12.3. The van der Waals surface area contributed by atoms with Crippen LogP contribution in [0.15, 0.2) is 0 Å². The van der Waals surface area contributed by atoms with E-state index in [-0.39, 0.29) is 24.8 Å². The van der Waals surface area contributed by atoms with Crippen LogP contribution in [0.25, 0.3) is 0 Å². The summed E-state index contributed by atoms with van der Waals surface area (Å²) in [7, 11) is 11.2. The average molecular weight is 238 g/mol. The van der Waals surface area contributed by atoms with E-state index in [4.69, 9.17) is 40.0 Å². The zero-order valence-electron chi connectivity index (χ0n) is 9.66. The highest BCUT2D eigenvalue weighted by atomic mass is 17.2. The molecule has 0 aromatic heterocycles. The fourth-order valence-electron chi connectivity index (χ4n) is 2.07. The molecule has 17 heavy (non-hydrogen) atoms. The van der Waals surface area contributed by atoms with E-state index in [1.165, 1.54) is 0 Å². The molecule has 2 saturated heterocycles. The van der Waals surface area contributed by atoms with Crippen molar-refractivity contribution in [2.75, 3.05) is 13.2 Å². The van der Waals surface area contributed by atoms with Gasteiger partial charge in [0.2, 0.25) is 0 Å². The van der Waals surface area contributed by atoms with Gasteiger partial charge in [0, 0.05) is 12.0 Å². The molecule has 2 aliphatic heterocycles. The Labute approximate surface area is 103 Å². The van der Waals surface area contributed by atoms with Crippen LogP contribution in [-0.4, -0.2) is 64.3 Å². The lowest BCUT2D eigenvalue weighted by Gasteiger charge is -2.17. The molecular weight excluding hydrogens is 222 g/mol. The highest BCUT2D eigenvalue weighted by Gasteiger charge is 2.34. The van der Waals surface area contributed by atoms with Gasteiger partial charge in [0.05, 0.1) is 12.7 Å². The second-order valence-electron chi connectivity index (χ2n) is 4.42. The highest BCUT2D eigenvalue weighted by Crippen LogP contribution is 2.22. The van der Waals surface area contributed by atoms with E-state index in [0.717, 1.165) is 12.8 Å². The van der Waals surface area contributed by atoms with Crippen molar-refractivity contribution in [1.82, 2.24) is 0 Å². The van der Waals surface area contributed by atoms with E-state index in [0.29, 0.717) is 13.0 Å². The lowest BCUT2D eigenvalue weighted by atomic mass is 9.96. The van der Waals surface area contributed by atoms with Crippen molar-refractivity contribution in [2.45, 2.75) is 49.6 Å². The van der Waals surface area contributed by atoms with Crippen molar-refractivity contribution >= 4 is 15.7 Å². The van der Waals surface area contributed by atoms with E-state index in [2.05, 4.69) is 0 Å². The predicted molar refractivity (Wildman–Crippen MR) is 60.6 cm³/mol. The summed E-state index contributed by atoms with van der Waals surface area (Å²) in [6.45, 7) is 0.199. The number of rotatable bonds is 5. The molecule has 5 atom stereocenters. The third kappa shape index (κ3) is 3.69. The Balaban J connectivity index is 1.64. The minimum atomic E-state index is -0.420. The number of ether oxygens (including phenoxy) is 2. The monoisotopic (exact) mass is 238 g/mol. The molecule has 4 radical (unpaired) electrons. The first-order chi connectivity index (χ1) is 8.19. The molecule has 0 bridgehead atoms. The van der Waals surface area contributed by atoms with Crippen LogP contribution < -0.4 is 0 Å². The summed E-state index contributed by atoms with van der Waals surface area (Å²) in [6, 6.07) is -0.603. The van der Waals surface area contributed by atoms with Crippen LogP contribution in [0.4, 0.5) is 0 Å². The molecule has 2 fully saturated rings. The van der Waals surface area contributed by atoms with Crippen molar-refractivity contribution in [3.63, 3.8) is 0 Å². The largest absolute Gasteiger partial charge is 0.394 e. The molecule has 1 unspecified atom stereocenters. The SMILES string of the molecule is [B][C@H]1C[C@@H](OOC[C@@H]2CC[C@H]([B])O2)C(CO)O1. The topological polar surface area (TPSA) is 57.2 Å². The minimum absolute atomic E-state index is 0.0198. The maximum atomic E-state index is 9.04. The third-order valence-electron chi connectivity index (χ3n) is 2.99. The van der Waals surface area contributed by atoms with Gasteiger partial charge >= 0.3 is 0 Å². The van der Waals surface area contributed by atoms with Gasteiger partial charge in [0.15, 0.2) is 0 Å². The molecule has 92 valence electrons. The quantitative estimate of drug-likeness (QED) is 0.388. The van der Waals surface area contributed by atoms with Gasteiger partial charge in [-0.1, -0.05) is 0 Å². The molecule has 0 saturated carbocycles. The van der Waals surface area contributed by atoms with Gasteiger partial charge in [0.25, 0.3) is 0 Å². The van der Waals surface area contributed by atoms with Crippen molar-refractivity contribution in [3.8, 4) is 0 Å². The lowest BCUT2D eigenvalue weighted by Crippen LogP contribution is -2.29. The van der Waals surface area contributed by atoms with Gasteiger partial charge in [-0.15, -0.1) is 0 Å². The molecular formula is C10H16B2O5. The summed E-state index contributed by atoms with van der Waals surface area (Å²) in [6.07, 6.45) is 1.45.